The first-order chi connectivity index (χ1) is 12.2. The molecule has 0 aliphatic rings. The van der Waals surface area contributed by atoms with Gasteiger partial charge < -0.3 is 5.73 Å². The highest BCUT2D eigenvalue weighted by atomic mass is 15.1. The van der Waals surface area contributed by atoms with Crippen molar-refractivity contribution in [2.24, 2.45) is 11.7 Å². The second kappa shape index (κ2) is 9.98. The van der Waals surface area contributed by atoms with Gasteiger partial charge in [-0.2, -0.15) is 5.26 Å². The Morgan fingerprint density at radius 2 is 1.36 bits per heavy atom. The summed E-state index contributed by atoms with van der Waals surface area (Å²) in [7, 11) is 0. The van der Waals surface area contributed by atoms with Crippen molar-refractivity contribution >= 4 is 0 Å². The maximum absolute atomic E-state index is 8.96. The molecule has 0 aromatic heterocycles. The quantitative estimate of drug-likeness (QED) is 0.736. The smallest absolute Gasteiger partial charge is 0.0991 e. The third-order valence-electron chi connectivity index (χ3n) is 4.83. The molecule has 0 bridgehead atoms. The predicted molar refractivity (Wildman–Crippen MR) is 104 cm³/mol. The molecule has 25 heavy (non-hydrogen) atoms. The highest BCUT2D eigenvalue weighted by Crippen LogP contribution is 2.17. The van der Waals surface area contributed by atoms with Crippen LogP contribution in [0.5, 0.6) is 0 Å². The number of hydrogen-bond acceptors (Lipinski definition) is 3. The van der Waals surface area contributed by atoms with Crippen LogP contribution in [-0.2, 0) is 19.6 Å². The fraction of sp³-hybridized carbons (Fsp3) is 0.409. The summed E-state index contributed by atoms with van der Waals surface area (Å²) in [6.45, 7) is 8.05. The topological polar surface area (TPSA) is 53.0 Å². The van der Waals surface area contributed by atoms with Crippen molar-refractivity contribution in [3.63, 3.8) is 0 Å². The lowest BCUT2D eigenvalue weighted by Gasteiger charge is -2.27. The molecule has 0 aliphatic carbocycles. The minimum atomic E-state index is 0.586. The number of nitrogens with two attached hydrogens (primary N) is 1. The molecule has 0 fully saturated rings. The van der Waals surface area contributed by atoms with Gasteiger partial charge >= 0.3 is 0 Å². The molecule has 0 saturated heterocycles. The van der Waals surface area contributed by atoms with Gasteiger partial charge in [0.1, 0.15) is 0 Å². The summed E-state index contributed by atoms with van der Waals surface area (Å²) in [5, 5.41) is 8.96. The number of nitrogens with zero attached hydrogens (tertiary/aromatic N) is 2. The Labute approximate surface area is 152 Å². The van der Waals surface area contributed by atoms with Gasteiger partial charge in [-0.25, -0.2) is 0 Å². The van der Waals surface area contributed by atoms with Gasteiger partial charge in [0.25, 0.3) is 0 Å². The molecule has 2 aromatic carbocycles. The molecule has 132 valence electrons. The normalized spacial score (nSPS) is 11.0. The van der Waals surface area contributed by atoms with E-state index >= 15 is 0 Å². The maximum atomic E-state index is 8.96. The van der Waals surface area contributed by atoms with Gasteiger partial charge in [0, 0.05) is 26.2 Å². The van der Waals surface area contributed by atoms with Crippen molar-refractivity contribution in [2.75, 3.05) is 6.54 Å². The number of nitriles is 1. The molecule has 0 unspecified atom stereocenters. The summed E-state index contributed by atoms with van der Waals surface area (Å²) in [6.07, 6.45) is 2.40. The van der Waals surface area contributed by atoms with E-state index in [-0.39, 0.29) is 0 Å². The minimum Gasteiger partial charge on any atom is -0.326 e. The standard InChI is InChI=1S/C22H29N3/c1-3-18(4-2)15-25(16-21-9-5-19(13-23)6-10-21)17-22-11-7-20(14-24)8-12-22/h5-12,18H,3-4,13,15-17,23H2,1-2H3. The molecule has 2 rings (SSSR count). The van der Waals surface area contributed by atoms with Crippen molar-refractivity contribution in [3.8, 4) is 6.07 Å². The number of hydrogen-bond donors (Lipinski definition) is 1. The zero-order valence-electron chi connectivity index (χ0n) is 15.4. The Hall–Kier alpha value is -2.15. The first-order valence-corrected chi connectivity index (χ1v) is 9.17. The van der Waals surface area contributed by atoms with E-state index in [1.54, 1.807) is 0 Å². The summed E-state index contributed by atoms with van der Waals surface area (Å²) < 4.78 is 0. The van der Waals surface area contributed by atoms with Gasteiger partial charge in [-0.15, -0.1) is 0 Å². The zero-order valence-corrected chi connectivity index (χ0v) is 15.4. The van der Waals surface area contributed by atoms with Crippen molar-refractivity contribution in [1.82, 2.24) is 4.90 Å². The Kier molecular flexibility index (Phi) is 7.66. The van der Waals surface area contributed by atoms with Crippen molar-refractivity contribution in [2.45, 2.75) is 46.3 Å². The molecule has 3 nitrogen and oxygen atoms in total. The van der Waals surface area contributed by atoms with Crippen LogP contribution in [0.2, 0.25) is 0 Å². The molecule has 0 spiro atoms. The Balaban J connectivity index is 2.11. The van der Waals surface area contributed by atoms with Crippen LogP contribution in [-0.4, -0.2) is 11.4 Å². The summed E-state index contributed by atoms with van der Waals surface area (Å²) in [4.78, 5) is 2.51. The molecule has 2 N–H and O–H groups in total. The van der Waals surface area contributed by atoms with Gasteiger partial charge in [0.2, 0.25) is 0 Å². The van der Waals surface area contributed by atoms with Crippen LogP contribution >= 0.6 is 0 Å². The molecule has 0 amide bonds. The fourth-order valence-corrected chi connectivity index (χ4v) is 3.08. The third-order valence-corrected chi connectivity index (χ3v) is 4.83. The van der Waals surface area contributed by atoms with Crippen molar-refractivity contribution in [1.29, 1.82) is 5.26 Å². The molecular weight excluding hydrogens is 306 g/mol. The van der Waals surface area contributed by atoms with Crippen LogP contribution < -0.4 is 5.73 Å². The number of rotatable bonds is 9. The molecule has 3 heteroatoms. The molecular formula is C22H29N3. The van der Waals surface area contributed by atoms with Crippen LogP contribution in [0.25, 0.3) is 0 Å². The first-order valence-electron chi connectivity index (χ1n) is 9.17. The molecule has 2 aromatic rings. The van der Waals surface area contributed by atoms with Crippen LogP contribution in [0.15, 0.2) is 48.5 Å². The van der Waals surface area contributed by atoms with Crippen LogP contribution in [0, 0.1) is 17.2 Å². The van der Waals surface area contributed by atoms with Gasteiger partial charge in [-0.05, 0) is 34.7 Å². The average Bonchev–Trinajstić information content (AvgIpc) is 2.67. The van der Waals surface area contributed by atoms with E-state index < -0.39 is 0 Å². The van der Waals surface area contributed by atoms with Crippen LogP contribution in [0.4, 0.5) is 0 Å². The van der Waals surface area contributed by atoms with Crippen molar-refractivity contribution < 1.29 is 0 Å². The molecule has 0 atom stereocenters. The van der Waals surface area contributed by atoms with Gasteiger partial charge in [0.15, 0.2) is 0 Å². The minimum absolute atomic E-state index is 0.586. The van der Waals surface area contributed by atoms with E-state index in [1.165, 1.54) is 29.5 Å². The van der Waals surface area contributed by atoms with E-state index in [2.05, 4.69) is 61.2 Å². The molecule has 0 radical (unpaired) electrons. The summed E-state index contributed by atoms with van der Waals surface area (Å²) in [5.74, 6) is 0.710. The van der Waals surface area contributed by atoms with E-state index in [4.69, 9.17) is 11.0 Å². The van der Waals surface area contributed by atoms with E-state index in [1.807, 2.05) is 12.1 Å². The average molecular weight is 335 g/mol. The monoisotopic (exact) mass is 335 g/mol. The highest BCUT2D eigenvalue weighted by Gasteiger charge is 2.13. The Morgan fingerprint density at radius 1 is 0.880 bits per heavy atom. The second-order valence-corrected chi connectivity index (χ2v) is 6.68. The summed E-state index contributed by atoms with van der Waals surface area (Å²) >= 11 is 0. The van der Waals surface area contributed by atoms with E-state index in [0.29, 0.717) is 18.0 Å². The second-order valence-electron chi connectivity index (χ2n) is 6.68. The summed E-state index contributed by atoms with van der Waals surface area (Å²) in [5.41, 5.74) is 10.1. The third kappa shape index (κ3) is 6.01. The maximum Gasteiger partial charge on any atom is 0.0991 e. The number of benzene rings is 2. The lowest BCUT2D eigenvalue weighted by Crippen LogP contribution is -2.28. The predicted octanol–water partition coefficient (Wildman–Crippen LogP) is 4.46. The Bertz CT molecular complexity index is 664. The fourth-order valence-electron chi connectivity index (χ4n) is 3.08. The van der Waals surface area contributed by atoms with E-state index in [9.17, 15) is 0 Å². The van der Waals surface area contributed by atoms with Gasteiger partial charge in [0.05, 0.1) is 11.6 Å². The lowest BCUT2D eigenvalue weighted by atomic mass is 10.0. The lowest BCUT2D eigenvalue weighted by molar-refractivity contribution is 0.208. The molecule has 0 aliphatic heterocycles. The first kappa shape index (κ1) is 19.2. The SMILES string of the molecule is CCC(CC)CN(Cc1ccc(C#N)cc1)Cc1ccc(CN)cc1. The molecule has 0 heterocycles. The van der Waals surface area contributed by atoms with Crippen LogP contribution in [0.3, 0.4) is 0 Å². The van der Waals surface area contributed by atoms with Crippen LogP contribution in [0.1, 0.15) is 48.9 Å². The zero-order chi connectivity index (χ0) is 18.1. The highest BCUT2D eigenvalue weighted by molar-refractivity contribution is 5.31. The Morgan fingerprint density at radius 3 is 1.80 bits per heavy atom. The largest absolute Gasteiger partial charge is 0.326 e. The van der Waals surface area contributed by atoms with Gasteiger partial charge in [-0.3, -0.25) is 4.90 Å². The van der Waals surface area contributed by atoms with Gasteiger partial charge in [-0.1, -0.05) is 63.1 Å². The van der Waals surface area contributed by atoms with Crippen molar-refractivity contribution in [3.05, 3.63) is 70.8 Å². The molecule has 0 saturated carbocycles. The van der Waals surface area contributed by atoms with E-state index in [0.717, 1.165) is 19.6 Å². The summed E-state index contributed by atoms with van der Waals surface area (Å²) in [6, 6.07) is 18.7.